The normalized spacial score (nSPS) is 13.5. The molecule has 0 aliphatic rings. The maximum atomic E-state index is 5.69. The molecule has 0 saturated carbocycles. The number of hydrogen-bond donors (Lipinski definition) is 1. The Bertz CT molecular complexity index is 270. The molecule has 1 aromatic rings. The molecule has 80 valence electrons. The number of rotatable bonds is 5. The largest absolute Gasteiger partial charge is 0.339 e. The van der Waals surface area contributed by atoms with Crippen LogP contribution in [0.2, 0.25) is 0 Å². The van der Waals surface area contributed by atoms with Crippen LogP contribution in [0.25, 0.3) is 0 Å². The van der Waals surface area contributed by atoms with Crippen LogP contribution >= 0.6 is 0 Å². The molecule has 4 nitrogen and oxygen atoms in total. The molecule has 1 atom stereocenters. The van der Waals surface area contributed by atoms with Gasteiger partial charge in [0, 0.05) is 6.42 Å². The van der Waals surface area contributed by atoms with Crippen LogP contribution in [0.5, 0.6) is 0 Å². The molecule has 1 rings (SSSR count). The van der Waals surface area contributed by atoms with Gasteiger partial charge in [0.15, 0.2) is 5.82 Å². The summed E-state index contributed by atoms with van der Waals surface area (Å²) in [5.74, 6) is 2.52. The second-order valence-corrected chi connectivity index (χ2v) is 4.17. The van der Waals surface area contributed by atoms with Crippen molar-refractivity contribution in [1.29, 1.82) is 0 Å². The molecule has 1 aromatic heterocycles. The summed E-state index contributed by atoms with van der Waals surface area (Å²) in [6, 6.07) is 0. The van der Waals surface area contributed by atoms with Crippen LogP contribution in [-0.4, -0.2) is 16.7 Å². The van der Waals surface area contributed by atoms with Gasteiger partial charge in [-0.15, -0.1) is 0 Å². The summed E-state index contributed by atoms with van der Waals surface area (Å²) in [5, 5.41) is 3.76. The van der Waals surface area contributed by atoms with Crippen LogP contribution in [0, 0.1) is 18.8 Å². The highest BCUT2D eigenvalue weighted by molar-refractivity contribution is 4.85. The zero-order chi connectivity index (χ0) is 10.6. The van der Waals surface area contributed by atoms with E-state index < -0.39 is 0 Å². The first-order valence-corrected chi connectivity index (χ1v) is 5.11. The molecule has 0 aromatic carbocycles. The van der Waals surface area contributed by atoms with Gasteiger partial charge in [-0.3, -0.25) is 0 Å². The lowest BCUT2D eigenvalue weighted by atomic mass is 9.94. The van der Waals surface area contributed by atoms with Gasteiger partial charge in [0.2, 0.25) is 5.89 Å². The Morgan fingerprint density at radius 3 is 2.57 bits per heavy atom. The van der Waals surface area contributed by atoms with E-state index in [0.29, 0.717) is 30.1 Å². The molecule has 0 saturated heterocycles. The van der Waals surface area contributed by atoms with Crippen molar-refractivity contribution >= 4 is 0 Å². The lowest BCUT2D eigenvalue weighted by molar-refractivity contribution is 0.330. The van der Waals surface area contributed by atoms with Gasteiger partial charge in [0.1, 0.15) is 0 Å². The number of nitrogens with two attached hydrogens (primary N) is 1. The van der Waals surface area contributed by atoms with Gasteiger partial charge in [-0.25, -0.2) is 0 Å². The first-order chi connectivity index (χ1) is 6.61. The molecule has 0 bridgehead atoms. The fourth-order valence-corrected chi connectivity index (χ4v) is 1.60. The Morgan fingerprint density at radius 2 is 2.14 bits per heavy atom. The maximum Gasteiger partial charge on any atom is 0.226 e. The second-order valence-electron chi connectivity index (χ2n) is 4.17. The molecular weight excluding hydrogens is 178 g/mol. The van der Waals surface area contributed by atoms with E-state index in [1.165, 1.54) is 0 Å². The molecular formula is C10H19N3O. The Labute approximate surface area is 84.9 Å². The lowest BCUT2D eigenvalue weighted by Crippen LogP contribution is -2.19. The van der Waals surface area contributed by atoms with Gasteiger partial charge in [-0.2, -0.15) is 4.98 Å². The third-order valence-corrected chi connectivity index (χ3v) is 2.17. The summed E-state index contributed by atoms with van der Waals surface area (Å²) >= 11 is 0. The van der Waals surface area contributed by atoms with E-state index in [4.69, 9.17) is 10.3 Å². The van der Waals surface area contributed by atoms with Gasteiger partial charge >= 0.3 is 0 Å². The highest BCUT2D eigenvalue weighted by Gasteiger charge is 2.13. The topological polar surface area (TPSA) is 64.9 Å². The molecule has 14 heavy (non-hydrogen) atoms. The van der Waals surface area contributed by atoms with Crippen molar-refractivity contribution in [2.24, 2.45) is 17.6 Å². The zero-order valence-corrected chi connectivity index (χ0v) is 9.16. The SMILES string of the molecule is Cc1noc(CC(CN)CC(C)C)n1. The molecule has 1 heterocycles. The molecule has 2 N–H and O–H groups in total. The lowest BCUT2D eigenvalue weighted by Gasteiger charge is -2.14. The van der Waals surface area contributed by atoms with Gasteiger partial charge in [0.25, 0.3) is 0 Å². The molecule has 0 fully saturated rings. The van der Waals surface area contributed by atoms with Crippen molar-refractivity contribution in [3.8, 4) is 0 Å². The van der Waals surface area contributed by atoms with Crippen molar-refractivity contribution in [3.05, 3.63) is 11.7 Å². The first-order valence-electron chi connectivity index (χ1n) is 5.11. The van der Waals surface area contributed by atoms with Gasteiger partial charge in [0.05, 0.1) is 0 Å². The number of hydrogen-bond acceptors (Lipinski definition) is 4. The van der Waals surface area contributed by atoms with E-state index in [1.54, 1.807) is 0 Å². The number of aryl methyl sites for hydroxylation is 1. The second kappa shape index (κ2) is 5.10. The minimum absolute atomic E-state index is 0.454. The van der Waals surface area contributed by atoms with Gasteiger partial charge < -0.3 is 10.3 Å². The van der Waals surface area contributed by atoms with E-state index in [1.807, 2.05) is 6.92 Å². The molecule has 0 amide bonds. The predicted molar refractivity (Wildman–Crippen MR) is 54.7 cm³/mol. The summed E-state index contributed by atoms with van der Waals surface area (Å²) in [4.78, 5) is 4.17. The van der Waals surface area contributed by atoms with Crippen LogP contribution in [0.4, 0.5) is 0 Å². The van der Waals surface area contributed by atoms with Gasteiger partial charge in [-0.1, -0.05) is 19.0 Å². The molecule has 0 aliphatic carbocycles. The smallest absolute Gasteiger partial charge is 0.226 e. The average Bonchev–Trinajstić information content (AvgIpc) is 2.49. The highest BCUT2D eigenvalue weighted by atomic mass is 16.5. The first kappa shape index (κ1) is 11.2. The molecule has 0 radical (unpaired) electrons. The van der Waals surface area contributed by atoms with Crippen molar-refractivity contribution in [1.82, 2.24) is 10.1 Å². The highest BCUT2D eigenvalue weighted by Crippen LogP contribution is 2.15. The van der Waals surface area contributed by atoms with Gasteiger partial charge in [-0.05, 0) is 31.7 Å². The van der Waals surface area contributed by atoms with Crippen molar-refractivity contribution < 1.29 is 4.52 Å². The minimum Gasteiger partial charge on any atom is -0.339 e. The molecule has 0 aliphatic heterocycles. The van der Waals surface area contributed by atoms with Crippen molar-refractivity contribution in [2.75, 3.05) is 6.54 Å². The zero-order valence-electron chi connectivity index (χ0n) is 9.16. The third kappa shape index (κ3) is 3.46. The van der Waals surface area contributed by atoms with Crippen LogP contribution in [0.15, 0.2) is 4.52 Å². The quantitative estimate of drug-likeness (QED) is 0.777. The van der Waals surface area contributed by atoms with E-state index in [0.717, 1.165) is 12.8 Å². The molecule has 1 unspecified atom stereocenters. The Morgan fingerprint density at radius 1 is 1.43 bits per heavy atom. The van der Waals surface area contributed by atoms with Crippen LogP contribution < -0.4 is 5.73 Å². The van der Waals surface area contributed by atoms with E-state index >= 15 is 0 Å². The predicted octanol–water partition coefficient (Wildman–Crippen LogP) is 1.54. The summed E-state index contributed by atoms with van der Waals surface area (Å²) in [6.45, 7) is 6.90. The monoisotopic (exact) mass is 197 g/mol. The fourth-order valence-electron chi connectivity index (χ4n) is 1.60. The van der Waals surface area contributed by atoms with Crippen LogP contribution in [0.3, 0.4) is 0 Å². The summed E-state index contributed by atoms with van der Waals surface area (Å²) in [7, 11) is 0. The Kier molecular flexibility index (Phi) is 4.07. The summed E-state index contributed by atoms with van der Waals surface area (Å²) in [6.07, 6.45) is 1.91. The number of aromatic nitrogens is 2. The maximum absolute atomic E-state index is 5.69. The van der Waals surface area contributed by atoms with Crippen molar-refractivity contribution in [2.45, 2.75) is 33.6 Å². The third-order valence-electron chi connectivity index (χ3n) is 2.17. The average molecular weight is 197 g/mol. The van der Waals surface area contributed by atoms with Crippen molar-refractivity contribution in [3.63, 3.8) is 0 Å². The van der Waals surface area contributed by atoms with E-state index in [-0.39, 0.29) is 0 Å². The molecule has 0 spiro atoms. The van der Waals surface area contributed by atoms with E-state index in [2.05, 4.69) is 24.0 Å². The minimum atomic E-state index is 0.454. The molecule has 4 heteroatoms. The van der Waals surface area contributed by atoms with Crippen LogP contribution in [0.1, 0.15) is 32.0 Å². The van der Waals surface area contributed by atoms with E-state index in [9.17, 15) is 0 Å². The standard InChI is InChI=1S/C10H19N3O/c1-7(2)4-9(6-11)5-10-12-8(3)13-14-10/h7,9H,4-6,11H2,1-3H3. The Hall–Kier alpha value is -0.900. The summed E-state index contributed by atoms with van der Waals surface area (Å²) < 4.78 is 5.06. The summed E-state index contributed by atoms with van der Waals surface area (Å²) in [5.41, 5.74) is 5.69. The van der Waals surface area contributed by atoms with Crippen LogP contribution in [-0.2, 0) is 6.42 Å². The fraction of sp³-hybridized carbons (Fsp3) is 0.800. The Balaban J connectivity index is 2.48. The number of nitrogens with zero attached hydrogens (tertiary/aromatic N) is 2.